The SMILES string of the molecule is CCCn1c(CC(=O)c2cnns2)nc2ccccc21. The van der Waals surface area contributed by atoms with Crippen molar-refractivity contribution in [3.05, 3.63) is 41.2 Å². The molecular formula is C14H14N4OS. The van der Waals surface area contributed by atoms with E-state index in [1.54, 1.807) is 0 Å². The fourth-order valence-corrected chi connectivity index (χ4v) is 2.70. The van der Waals surface area contributed by atoms with Crippen LogP contribution in [-0.4, -0.2) is 24.9 Å². The summed E-state index contributed by atoms with van der Waals surface area (Å²) in [6.07, 6.45) is 2.81. The van der Waals surface area contributed by atoms with Gasteiger partial charge >= 0.3 is 0 Å². The highest BCUT2D eigenvalue weighted by molar-refractivity contribution is 7.07. The highest BCUT2D eigenvalue weighted by Gasteiger charge is 2.16. The van der Waals surface area contributed by atoms with E-state index < -0.39 is 0 Å². The topological polar surface area (TPSA) is 60.7 Å². The van der Waals surface area contributed by atoms with Gasteiger partial charge in [-0.25, -0.2) is 4.98 Å². The summed E-state index contributed by atoms with van der Waals surface area (Å²) in [5, 5.41) is 3.71. The number of hydrogen-bond donors (Lipinski definition) is 0. The number of hydrogen-bond acceptors (Lipinski definition) is 5. The van der Waals surface area contributed by atoms with Crippen LogP contribution < -0.4 is 0 Å². The molecule has 0 spiro atoms. The van der Waals surface area contributed by atoms with E-state index >= 15 is 0 Å². The predicted molar refractivity (Wildman–Crippen MR) is 78.0 cm³/mol. The molecule has 3 aromatic rings. The molecule has 0 bridgehead atoms. The van der Waals surface area contributed by atoms with Crippen molar-refractivity contribution < 1.29 is 4.79 Å². The van der Waals surface area contributed by atoms with E-state index in [0.29, 0.717) is 11.3 Å². The third-order valence-electron chi connectivity index (χ3n) is 3.14. The number of carbonyl (C=O) groups excluding carboxylic acids is 1. The second-order valence-corrected chi connectivity index (χ2v) is 5.34. The summed E-state index contributed by atoms with van der Waals surface area (Å²) >= 11 is 1.13. The molecular weight excluding hydrogens is 272 g/mol. The molecule has 5 nitrogen and oxygen atoms in total. The normalized spacial score (nSPS) is 11.1. The highest BCUT2D eigenvalue weighted by Crippen LogP contribution is 2.18. The van der Waals surface area contributed by atoms with Crippen LogP contribution in [0.15, 0.2) is 30.5 Å². The molecule has 20 heavy (non-hydrogen) atoms. The molecule has 2 aromatic heterocycles. The first-order valence-corrected chi connectivity index (χ1v) is 7.31. The molecule has 102 valence electrons. The number of imidazole rings is 1. The van der Waals surface area contributed by atoms with E-state index in [1.165, 1.54) is 6.20 Å². The molecule has 0 aliphatic carbocycles. The van der Waals surface area contributed by atoms with Gasteiger partial charge in [-0.3, -0.25) is 4.79 Å². The summed E-state index contributed by atoms with van der Waals surface area (Å²) in [5.41, 5.74) is 2.02. The average molecular weight is 286 g/mol. The molecule has 0 fully saturated rings. The fourth-order valence-electron chi connectivity index (χ4n) is 2.25. The van der Waals surface area contributed by atoms with Gasteiger partial charge in [0.25, 0.3) is 0 Å². The number of benzene rings is 1. The lowest BCUT2D eigenvalue weighted by Crippen LogP contribution is -2.09. The molecule has 0 N–H and O–H groups in total. The number of nitrogens with zero attached hydrogens (tertiary/aromatic N) is 4. The molecule has 0 atom stereocenters. The lowest BCUT2D eigenvalue weighted by Gasteiger charge is -2.06. The molecule has 0 saturated heterocycles. The number of ketones is 1. The second-order valence-electron chi connectivity index (χ2n) is 4.55. The van der Waals surface area contributed by atoms with Crippen LogP contribution in [0.5, 0.6) is 0 Å². The molecule has 0 radical (unpaired) electrons. The molecule has 0 saturated carbocycles. The number of carbonyl (C=O) groups is 1. The van der Waals surface area contributed by atoms with Crippen molar-refractivity contribution in [1.82, 2.24) is 19.1 Å². The number of Topliss-reactive ketones (excluding diaryl/α,β-unsaturated/α-hetero) is 1. The van der Waals surface area contributed by atoms with Crippen LogP contribution in [0.4, 0.5) is 0 Å². The Morgan fingerprint density at radius 1 is 1.35 bits per heavy atom. The first kappa shape index (κ1) is 12.9. The van der Waals surface area contributed by atoms with E-state index in [4.69, 9.17) is 0 Å². The van der Waals surface area contributed by atoms with Crippen LogP contribution in [0, 0.1) is 0 Å². The number of para-hydroxylation sites is 2. The quantitative estimate of drug-likeness (QED) is 0.677. The van der Waals surface area contributed by atoms with Gasteiger partial charge in [0.05, 0.1) is 23.7 Å². The molecule has 0 aliphatic heterocycles. The van der Waals surface area contributed by atoms with Gasteiger partial charge in [0.1, 0.15) is 10.7 Å². The minimum atomic E-state index is 0.0210. The Kier molecular flexibility index (Phi) is 3.56. The largest absolute Gasteiger partial charge is 0.328 e. The Morgan fingerprint density at radius 2 is 2.20 bits per heavy atom. The summed E-state index contributed by atoms with van der Waals surface area (Å²) in [5.74, 6) is 0.833. The van der Waals surface area contributed by atoms with Gasteiger partial charge in [0, 0.05) is 6.54 Å². The van der Waals surface area contributed by atoms with Gasteiger partial charge in [-0.1, -0.05) is 23.5 Å². The van der Waals surface area contributed by atoms with Crippen LogP contribution in [-0.2, 0) is 13.0 Å². The molecule has 2 heterocycles. The average Bonchev–Trinajstić information content (AvgIpc) is 3.08. The first-order valence-electron chi connectivity index (χ1n) is 6.54. The monoisotopic (exact) mass is 286 g/mol. The van der Waals surface area contributed by atoms with Crippen LogP contribution in [0.1, 0.15) is 28.8 Å². The minimum Gasteiger partial charge on any atom is -0.328 e. The maximum atomic E-state index is 12.2. The van der Waals surface area contributed by atoms with Gasteiger partial charge in [-0.15, -0.1) is 5.10 Å². The van der Waals surface area contributed by atoms with E-state index in [1.807, 2.05) is 24.3 Å². The van der Waals surface area contributed by atoms with Gasteiger partial charge in [-0.05, 0) is 30.1 Å². The molecule has 1 aromatic carbocycles. The van der Waals surface area contributed by atoms with Crippen LogP contribution >= 0.6 is 11.5 Å². The van der Waals surface area contributed by atoms with Crippen LogP contribution in [0.25, 0.3) is 11.0 Å². The predicted octanol–water partition coefficient (Wildman–Crippen LogP) is 2.72. The summed E-state index contributed by atoms with van der Waals surface area (Å²) in [6, 6.07) is 7.98. The molecule has 0 unspecified atom stereocenters. The molecule has 0 amide bonds. The fraction of sp³-hybridized carbons (Fsp3) is 0.286. The Bertz CT molecular complexity index is 733. The van der Waals surface area contributed by atoms with Gasteiger partial charge < -0.3 is 4.57 Å². The van der Waals surface area contributed by atoms with Gasteiger partial charge in [-0.2, -0.15) is 0 Å². The van der Waals surface area contributed by atoms with Crippen molar-refractivity contribution in [1.29, 1.82) is 0 Å². The summed E-state index contributed by atoms with van der Waals surface area (Å²) < 4.78 is 5.86. The molecule has 6 heteroatoms. The first-order chi connectivity index (χ1) is 9.79. The maximum absolute atomic E-state index is 12.2. The Morgan fingerprint density at radius 3 is 2.95 bits per heavy atom. The third kappa shape index (κ3) is 2.34. The Hall–Kier alpha value is -2.08. The third-order valence-corrected chi connectivity index (χ3v) is 3.84. The van der Waals surface area contributed by atoms with Crippen LogP contribution in [0.2, 0.25) is 0 Å². The van der Waals surface area contributed by atoms with Crippen molar-refractivity contribution in [3.8, 4) is 0 Å². The number of aromatic nitrogens is 4. The van der Waals surface area contributed by atoms with Gasteiger partial charge in [0.15, 0.2) is 5.78 Å². The zero-order valence-corrected chi connectivity index (χ0v) is 11.9. The van der Waals surface area contributed by atoms with E-state index in [0.717, 1.165) is 41.4 Å². The number of fused-ring (bicyclic) bond motifs is 1. The Labute approximate surface area is 120 Å². The summed E-state index contributed by atoms with van der Waals surface area (Å²) in [6.45, 7) is 2.98. The van der Waals surface area contributed by atoms with Crippen molar-refractivity contribution >= 4 is 28.3 Å². The van der Waals surface area contributed by atoms with E-state index in [-0.39, 0.29) is 5.78 Å². The smallest absolute Gasteiger partial charge is 0.183 e. The highest BCUT2D eigenvalue weighted by atomic mass is 32.1. The maximum Gasteiger partial charge on any atom is 0.183 e. The lowest BCUT2D eigenvalue weighted by atomic mass is 10.2. The second kappa shape index (κ2) is 5.50. The standard InChI is InChI=1S/C14H14N4OS/c1-2-7-18-11-6-4-3-5-10(11)16-14(18)8-12(19)13-9-15-17-20-13/h3-6,9H,2,7-8H2,1H3. The lowest BCUT2D eigenvalue weighted by molar-refractivity contribution is 0.0993. The van der Waals surface area contributed by atoms with Gasteiger partial charge in [0.2, 0.25) is 0 Å². The minimum absolute atomic E-state index is 0.0210. The zero-order chi connectivity index (χ0) is 13.9. The van der Waals surface area contributed by atoms with Crippen molar-refractivity contribution in [2.45, 2.75) is 26.3 Å². The molecule has 0 aliphatic rings. The van der Waals surface area contributed by atoms with Crippen molar-refractivity contribution in [3.63, 3.8) is 0 Å². The summed E-state index contributed by atoms with van der Waals surface area (Å²) in [4.78, 5) is 17.4. The van der Waals surface area contributed by atoms with Crippen molar-refractivity contribution in [2.75, 3.05) is 0 Å². The van der Waals surface area contributed by atoms with E-state index in [9.17, 15) is 4.79 Å². The zero-order valence-electron chi connectivity index (χ0n) is 11.1. The number of rotatable bonds is 5. The number of aryl methyl sites for hydroxylation is 1. The van der Waals surface area contributed by atoms with Crippen LogP contribution in [0.3, 0.4) is 0 Å². The molecule has 3 rings (SSSR count). The van der Waals surface area contributed by atoms with Crippen molar-refractivity contribution in [2.24, 2.45) is 0 Å². The van der Waals surface area contributed by atoms with E-state index in [2.05, 4.69) is 26.1 Å². The Balaban J connectivity index is 1.98. The summed E-state index contributed by atoms with van der Waals surface area (Å²) in [7, 11) is 0.